The largest absolute Gasteiger partial charge is 0.445 e. The summed E-state index contributed by atoms with van der Waals surface area (Å²) in [6, 6.07) is 17.1. The second kappa shape index (κ2) is 12.0. The van der Waals surface area contributed by atoms with Crippen LogP contribution in [0.2, 0.25) is 0 Å². The molecule has 1 atom stereocenters. The fraction of sp³-hybridized carbons (Fsp3) is 0.400. The van der Waals surface area contributed by atoms with Crippen molar-refractivity contribution in [1.29, 1.82) is 0 Å². The van der Waals surface area contributed by atoms with E-state index in [9.17, 15) is 14.4 Å². The first-order valence-electron chi connectivity index (χ1n) is 11.3. The highest BCUT2D eigenvalue weighted by Gasteiger charge is 2.28. The van der Waals surface area contributed by atoms with Crippen LogP contribution in [-0.2, 0) is 33.9 Å². The summed E-state index contributed by atoms with van der Waals surface area (Å²) in [5.74, 6) is -0.208. The van der Waals surface area contributed by atoms with Crippen molar-refractivity contribution in [1.82, 2.24) is 15.1 Å². The highest BCUT2D eigenvalue weighted by molar-refractivity contribution is 5.88. The molecule has 1 saturated heterocycles. The smallest absolute Gasteiger partial charge is 0.404 e. The molecular weight excluding hydrogens is 420 g/mol. The lowest BCUT2D eigenvalue weighted by Gasteiger charge is -2.36. The molecule has 33 heavy (non-hydrogen) atoms. The Bertz CT molecular complexity index is 925. The van der Waals surface area contributed by atoms with E-state index in [1.54, 1.807) is 6.92 Å². The lowest BCUT2D eigenvalue weighted by molar-refractivity contribution is -0.138. The highest BCUT2D eigenvalue weighted by atomic mass is 16.5. The standard InChI is InChI=1S/C25H32N4O4/c1-2-23(30)27-22(16-19-8-10-21(11-9-19)18-33-25(26)32)24(31)29-14-12-28(13-15-29)17-20-6-4-3-5-7-20/h3-11,22H,2,12-18H2,1H3,(H2,26,32)(H,27,30). The Hall–Kier alpha value is -3.39. The number of nitrogens with zero attached hydrogens (tertiary/aromatic N) is 2. The molecule has 0 radical (unpaired) electrons. The molecule has 1 aliphatic rings. The van der Waals surface area contributed by atoms with Gasteiger partial charge in [-0.1, -0.05) is 61.5 Å². The number of piperazine rings is 1. The van der Waals surface area contributed by atoms with Crippen molar-refractivity contribution < 1.29 is 19.1 Å². The number of ether oxygens (including phenoxy) is 1. The van der Waals surface area contributed by atoms with Crippen molar-refractivity contribution in [2.45, 2.75) is 39.0 Å². The van der Waals surface area contributed by atoms with Crippen LogP contribution >= 0.6 is 0 Å². The van der Waals surface area contributed by atoms with E-state index in [-0.39, 0.29) is 18.4 Å². The maximum atomic E-state index is 13.3. The van der Waals surface area contributed by atoms with Gasteiger partial charge < -0.3 is 20.7 Å². The predicted octanol–water partition coefficient (Wildman–Crippen LogP) is 2.06. The summed E-state index contributed by atoms with van der Waals surface area (Å²) >= 11 is 0. The molecular formula is C25H32N4O4. The monoisotopic (exact) mass is 452 g/mol. The fourth-order valence-corrected chi connectivity index (χ4v) is 3.85. The number of benzene rings is 2. The number of carbonyl (C=O) groups is 3. The zero-order valence-electron chi connectivity index (χ0n) is 19.0. The molecule has 3 rings (SSSR count). The molecule has 0 bridgehead atoms. The summed E-state index contributed by atoms with van der Waals surface area (Å²) in [5, 5.41) is 2.89. The number of primary amides is 1. The summed E-state index contributed by atoms with van der Waals surface area (Å²) in [7, 11) is 0. The van der Waals surface area contributed by atoms with Gasteiger partial charge in [0.25, 0.3) is 0 Å². The van der Waals surface area contributed by atoms with E-state index in [0.29, 0.717) is 25.9 Å². The Labute approximate surface area is 194 Å². The molecule has 8 heteroatoms. The van der Waals surface area contributed by atoms with Gasteiger partial charge in [0.15, 0.2) is 0 Å². The molecule has 3 amide bonds. The van der Waals surface area contributed by atoms with Crippen LogP contribution in [0.25, 0.3) is 0 Å². The Balaban J connectivity index is 1.59. The third-order valence-electron chi connectivity index (χ3n) is 5.73. The first kappa shape index (κ1) is 24.3. The van der Waals surface area contributed by atoms with Crippen LogP contribution in [0, 0.1) is 0 Å². The van der Waals surface area contributed by atoms with E-state index < -0.39 is 12.1 Å². The van der Waals surface area contributed by atoms with Gasteiger partial charge in [0.1, 0.15) is 12.6 Å². The minimum Gasteiger partial charge on any atom is -0.445 e. The molecule has 1 heterocycles. The second-order valence-electron chi connectivity index (χ2n) is 8.19. The topological polar surface area (TPSA) is 105 Å². The Morgan fingerprint density at radius 2 is 1.58 bits per heavy atom. The summed E-state index contributed by atoms with van der Waals surface area (Å²) in [4.78, 5) is 40.3. The van der Waals surface area contributed by atoms with E-state index in [0.717, 1.165) is 30.8 Å². The molecule has 8 nitrogen and oxygen atoms in total. The van der Waals surface area contributed by atoms with E-state index >= 15 is 0 Å². The molecule has 0 saturated carbocycles. The number of nitrogens with two attached hydrogens (primary N) is 1. The van der Waals surface area contributed by atoms with Crippen molar-refractivity contribution in [2.75, 3.05) is 26.2 Å². The lowest BCUT2D eigenvalue weighted by Crippen LogP contribution is -2.55. The van der Waals surface area contributed by atoms with Crippen molar-refractivity contribution in [3.05, 3.63) is 71.3 Å². The van der Waals surface area contributed by atoms with Gasteiger partial charge in [0, 0.05) is 45.6 Å². The molecule has 1 aliphatic heterocycles. The third-order valence-corrected chi connectivity index (χ3v) is 5.73. The molecule has 3 N–H and O–H groups in total. The zero-order chi connectivity index (χ0) is 23.6. The summed E-state index contributed by atoms with van der Waals surface area (Å²) < 4.78 is 4.80. The zero-order valence-corrected chi connectivity index (χ0v) is 19.0. The second-order valence-corrected chi connectivity index (χ2v) is 8.19. The number of carbonyl (C=O) groups excluding carboxylic acids is 3. The van der Waals surface area contributed by atoms with Crippen LogP contribution in [0.15, 0.2) is 54.6 Å². The molecule has 176 valence electrons. The Morgan fingerprint density at radius 1 is 0.939 bits per heavy atom. The highest BCUT2D eigenvalue weighted by Crippen LogP contribution is 2.13. The molecule has 0 aliphatic carbocycles. The Kier molecular flexibility index (Phi) is 8.83. The number of hydrogen-bond acceptors (Lipinski definition) is 5. The van der Waals surface area contributed by atoms with Gasteiger partial charge in [-0.05, 0) is 16.7 Å². The van der Waals surface area contributed by atoms with Gasteiger partial charge in [-0.15, -0.1) is 0 Å². The van der Waals surface area contributed by atoms with E-state index in [1.807, 2.05) is 47.4 Å². The molecule has 0 spiro atoms. The van der Waals surface area contributed by atoms with Crippen LogP contribution in [0.3, 0.4) is 0 Å². The van der Waals surface area contributed by atoms with E-state index in [2.05, 4.69) is 22.3 Å². The van der Waals surface area contributed by atoms with Crippen LogP contribution in [0.4, 0.5) is 4.79 Å². The van der Waals surface area contributed by atoms with Crippen LogP contribution in [0.5, 0.6) is 0 Å². The molecule has 2 aromatic rings. The molecule has 1 fully saturated rings. The van der Waals surface area contributed by atoms with Crippen molar-refractivity contribution in [2.24, 2.45) is 5.73 Å². The maximum absolute atomic E-state index is 13.3. The maximum Gasteiger partial charge on any atom is 0.404 e. The predicted molar refractivity (Wildman–Crippen MR) is 125 cm³/mol. The third kappa shape index (κ3) is 7.61. The summed E-state index contributed by atoms with van der Waals surface area (Å²) in [5.41, 5.74) is 7.97. The lowest BCUT2D eigenvalue weighted by atomic mass is 10.0. The SMILES string of the molecule is CCC(=O)NC(Cc1ccc(COC(N)=O)cc1)C(=O)N1CCN(Cc2ccccc2)CC1. The normalized spacial score (nSPS) is 15.0. The number of amides is 3. The van der Waals surface area contributed by atoms with Crippen molar-refractivity contribution in [3.63, 3.8) is 0 Å². The first-order valence-corrected chi connectivity index (χ1v) is 11.3. The van der Waals surface area contributed by atoms with E-state index in [1.165, 1.54) is 5.56 Å². The van der Waals surface area contributed by atoms with Gasteiger partial charge in [-0.2, -0.15) is 0 Å². The minimum absolute atomic E-state index is 0.0581. The number of rotatable bonds is 9. The van der Waals surface area contributed by atoms with Gasteiger partial charge in [-0.3, -0.25) is 14.5 Å². The summed E-state index contributed by atoms with van der Waals surface area (Å²) in [6.07, 6.45) is -0.111. The fourth-order valence-electron chi connectivity index (χ4n) is 3.85. The summed E-state index contributed by atoms with van der Waals surface area (Å²) in [6.45, 7) is 5.59. The van der Waals surface area contributed by atoms with Gasteiger partial charge in [-0.25, -0.2) is 4.79 Å². The van der Waals surface area contributed by atoms with Gasteiger partial charge in [0.2, 0.25) is 11.8 Å². The van der Waals surface area contributed by atoms with E-state index in [4.69, 9.17) is 10.5 Å². The van der Waals surface area contributed by atoms with Gasteiger partial charge >= 0.3 is 6.09 Å². The molecule has 2 aromatic carbocycles. The quantitative estimate of drug-likeness (QED) is 0.606. The average molecular weight is 453 g/mol. The molecule has 0 aromatic heterocycles. The van der Waals surface area contributed by atoms with Crippen molar-refractivity contribution >= 4 is 17.9 Å². The molecule has 1 unspecified atom stereocenters. The number of nitrogens with one attached hydrogen (secondary N) is 1. The van der Waals surface area contributed by atoms with Crippen LogP contribution in [-0.4, -0.2) is 59.9 Å². The van der Waals surface area contributed by atoms with Crippen LogP contribution in [0.1, 0.15) is 30.0 Å². The average Bonchev–Trinajstić information content (AvgIpc) is 2.83. The van der Waals surface area contributed by atoms with Crippen LogP contribution < -0.4 is 11.1 Å². The van der Waals surface area contributed by atoms with Crippen molar-refractivity contribution in [3.8, 4) is 0 Å². The number of hydrogen-bond donors (Lipinski definition) is 2. The van der Waals surface area contributed by atoms with Gasteiger partial charge in [0.05, 0.1) is 0 Å². The Morgan fingerprint density at radius 3 is 2.18 bits per heavy atom. The first-order chi connectivity index (χ1) is 15.9. The minimum atomic E-state index is -0.823.